The van der Waals surface area contributed by atoms with E-state index in [4.69, 9.17) is 0 Å². The summed E-state index contributed by atoms with van der Waals surface area (Å²) in [5, 5.41) is 18.7. The number of hydrogen-bond donors (Lipinski definition) is 3. The summed E-state index contributed by atoms with van der Waals surface area (Å²) in [5.41, 5.74) is 2.27. The summed E-state index contributed by atoms with van der Waals surface area (Å²) >= 11 is 0. The van der Waals surface area contributed by atoms with Crippen LogP contribution < -0.4 is 20.9 Å². The van der Waals surface area contributed by atoms with Crippen molar-refractivity contribution in [3.8, 4) is 17.3 Å². The highest BCUT2D eigenvalue weighted by Crippen LogP contribution is 2.27. The number of nitriles is 1. The summed E-state index contributed by atoms with van der Waals surface area (Å²) in [6, 6.07) is 8.91. The SMILES string of the molecule is N#Cc1cc(-c2ccnc(Nc3ccc(NC(=O)[C@@H]4CCCN4)nc3)n2)cnc1N1CC[C@H](F)C1. The Morgan fingerprint density at radius 1 is 1.20 bits per heavy atom. The molecular weight excluding hydrogens is 449 g/mol. The molecule has 10 nitrogen and oxygen atoms in total. The van der Waals surface area contributed by atoms with E-state index >= 15 is 0 Å². The highest BCUT2D eigenvalue weighted by atomic mass is 19.1. The minimum atomic E-state index is -0.900. The zero-order valence-corrected chi connectivity index (χ0v) is 18.9. The van der Waals surface area contributed by atoms with Crippen LogP contribution in [0.3, 0.4) is 0 Å². The third-order valence-corrected chi connectivity index (χ3v) is 6.02. The van der Waals surface area contributed by atoms with Crippen molar-refractivity contribution in [3.63, 3.8) is 0 Å². The van der Waals surface area contributed by atoms with Crippen LogP contribution in [0.4, 0.5) is 27.7 Å². The third kappa shape index (κ3) is 5.17. The van der Waals surface area contributed by atoms with Crippen LogP contribution in [-0.2, 0) is 4.79 Å². The van der Waals surface area contributed by atoms with Gasteiger partial charge in [0.2, 0.25) is 11.9 Å². The Bertz CT molecular complexity index is 1250. The van der Waals surface area contributed by atoms with Crippen LogP contribution in [0.25, 0.3) is 11.3 Å². The van der Waals surface area contributed by atoms with Crippen molar-refractivity contribution in [1.82, 2.24) is 25.3 Å². The van der Waals surface area contributed by atoms with Gasteiger partial charge in [-0.3, -0.25) is 4.79 Å². The lowest BCUT2D eigenvalue weighted by atomic mass is 10.1. The van der Waals surface area contributed by atoms with Gasteiger partial charge in [-0.2, -0.15) is 5.26 Å². The standard InChI is InChI=1S/C24H24FN9O/c25-17-6-9-34(14-17)22-15(11-26)10-16(12-30-22)19-5-8-28-24(32-19)31-18-3-4-21(29-13-18)33-23(35)20-2-1-7-27-20/h3-5,8,10,12-13,17,20,27H,1-2,6-7,9,14H2,(H,28,31,32)(H,29,33,35)/t17-,20-/m0/s1. The summed E-state index contributed by atoms with van der Waals surface area (Å²) in [6.45, 7) is 1.64. The van der Waals surface area contributed by atoms with E-state index in [2.05, 4.69) is 42.0 Å². The van der Waals surface area contributed by atoms with Crippen molar-refractivity contribution in [2.24, 2.45) is 0 Å². The molecule has 3 aromatic rings. The fraction of sp³-hybridized carbons (Fsp3) is 0.333. The van der Waals surface area contributed by atoms with E-state index in [-0.39, 0.29) is 18.5 Å². The van der Waals surface area contributed by atoms with Gasteiger partial charge in [0, 0.05) is 24.5 Å². The first-order valence-electron chi connectivity index (χ1n) is 11.5. The van der Waals surface area contributed by atoms with E-state index in [9.17, 15) is 14.4 Å². The fourth-order valence-corrected chi connectivity index (χ4v) is 4.21. The second-order valence-electron chi connectivity index (χ2n) is 8.50. The van der Waals surface area contributed by atoms with Crippen molar-refractivity contribution < 1.29 is 9.18 Å². The number of amides is 1. The Kier molecular flexibility index (Phi) is 6.45. The molecule has 3 N–H and O–H groups in total. The maximum absolute atomic E-state index is 13.6. The van der Waals surface area contributed by atoms with Crippen LogP contribution >= 0.6 is 0 Å². The number of anilines is 4. The van der Waals surface area contributed by atoms with Crippen LogP contribution in [0.5, 0.6) is 0 Å². The summed E-state index contributed by atoms with van der Waals surface area (Å²) in [5.74, 6) is 1.22. The smallest absolute Gasteiger partial charge is 0.242 e. The van der Waals surface area contributed by atoms with Crippen molar-refractivity contribution in [3.05, 3.63) is 48.4 Å². The van der Waals surface area contributed by atoms with Gasteiger partial charge >= 0.3 is 0 Å². The molecule has 3 aromatic heterocycles. The fourth-order valence-electron chi connectivity index (χ4n) is 4.21. The molecule has 0 aromatic carbocycles. The van der Waals surface area contributed by atoms with E-state index in [1.807, 2.05) is 0 Å². The van der Waals surface area contributed by atoms with Gasteiger partial charge in [-0.05, 0) is 50.1 Å². The lowest BCUT2D eigenvalue weighted by Gasteiger charge is -2.18. The molecule has 2 fully saturated rings. The second kappa shape index (κ2) is 9.99. The second-order valence-corrected chi connectivity index (χ2v) is 8.50. The predicted molar refractivity (Wildman–Crippen MR) is 129 cm³/mol. The molecule has 0 radical (unpaired) electrons. The summed E-state index contributed by atoms with van der Waals surface area (Å²) in [6.07, 6.45) is 6.18. The van der Waals surface area contributed by atoms with Gasteiger partial charge in [-0.1, -0.05) is 0 Å². The zero-order chi connectivity index (χ0) is 24.2. The topological polar surface area (TPSA) is 132 Å². The Hall–Kier alpha value is -4.17. The molecule has 1 amide bonds. The largest absolute Gasteiger partial charge is 0.352 e. The van der Waals surface area contributed by atoms with E-state index in [0.717, 1.165) is 19.4 Å². The number of pyridine rings is 2. The lowest BCUT2D eigenvalue weighted by Crippen LogP contribution is -2.35. The predicted octanol–water partition coefficient (Wildman–Crippen LogP) is 2.79. The first kappa shape index (κ1) is 22.6. The number of nitrogens with zero attached hydrogens (tertiary/aromatic N) is 6. The number of hydrogen-bond acceptors (Lipinski definition) is 9. The van der Waals surface area contributed by atoms with Gasteiger partial charge in [-0.15, -0.1) is 0 Å². The number of aromatic nitrogens is 4. The molecule has 5 heterocycles. The molecule has 5 rings (SSSR count). The molecule has 178 valence electrons. The van der Waals surface area contributed by atoms with Crippen molar-refractivity contribution in [2.75, 3.05) is 35.2 Å². The number of carbonyl (C=O) groups is 1. The number of halogens is 1. The van der Waals surface area contributed by atoms with Crippen LogP contribution in [0.1, 0.15) is 24.8 Å². The summed E-state index contributed by atoms with van der Waals surface area (Å²) in [4.78, 5) is 31.5. The number of rotatable bonds is 6. The number of alkyl halides is 1. The van der Waals surface area contributed by atoms with Crippen LogP contribution in [0.15, 0.2) is 42.9 Å². The van der Waals surface area contributed by atoms with Crippen LogP contribution in [0, 0.1) is 11.3 Å². The normalized spacial score (nSPS) is 19.4. The quantitative estimate of drug-likeness (QED) is 0.494. The van der Waals surface area contributed by atoms with E-state index in [0.29, 0.717) is 53.1 Å². The molecule has 11 heteroatoms. The minimum Gasteiger partial charge on any atom is -0.352 e. The molecular formula is C24H24FN9O. The number of carbonyl (C=O) groups excluding carboxylic acids is 1. The average Bonchev–Trinajstić information content (AvgIpc) is 3.57. The van der Waals surface area contributed by atoms with Gasteiger partial charge in [0.05, 0.1) is 35.7 Å². The molecule has 2 aliphatic rings. The minimum absolute atomic E-state index is 0.0858. The molecule has 0 saturated carbocycles. The van der Waals surface area contributed by atoms with E-state index < -0.39 is 6.17 Å². The van der Waals surface area contributed by atoms with Crippen molar-refractivity contribution in [1.29, 1.82) is 5.26 Å². The Labute approximate surface area is 201 Å². The molecule has 0 spiro atoms. The van der Waals surface area contributed by atoms with Gasteiger partial charge < -0.3 is 20.9 Å². The maximum Gasteiger partial charge on any atom is 0.242 e. The van der Waals surface area contributed by atoms with Gasteiger partial charge in [-0.25, -0.2) is 24.3 Å². The monoisotopic (exact) mass is 473 g/mol. The van der Waals surface area contributed by atoms with E-state index in [1.54, 1.807) is 47.8 Å². The molecule has 2 saturated heterocycles. The summed E-state index contributed by atoms with van der Waals surface area (Å²) < 4.78 is 13.6. The molecule has 0 bridgehead atoms. The van der Waals surface area contributed by atoms with Crippen LogP contribution in [-0.4, -0.2) is 57.7 Å². The molecule has 2 atom stereocenters. The first-order valence-corrected chi connectivity index (χ1v) is 11.5. The maximum atomic E-state index is 13.6. The average molecular weight is 474 g/mol. The highest BCUT2D eigenvalue weighted by molar-refractivity contribution is 5.94. The van der Waals surface area contributed by atoms with Crippen molar-refractivity contribution >= 4 is 29.2 Å². The molecule has 0 unspecified atom stereocenters. The Morgan fingerprint density at radius 3 is 2.83 bits per heavy atom. The zero-order valence-electron chi connectivity index (χ0n) is 18.9. The van der Waals surface area contributed by atoms with Crippen LogP contribution in [0.2, 0.25) is 0 Å². The molecule has 0 aliphatic carbocycles. The highest BCUT2D eigenvalue weighted by Gasteiger charge is 2.25. The lowest BCUT2D eigenvalue weighted by molar-refractivity contribution is -0.117. The third-order valence-electron chi connectivity index (χ3n) is 6.02. The Morgan fingerprint density at radius 2 is 2.11 bits per heavy atom. The van der Waals surface area contributed by atoms with Gasteiger partial charge in [0.1, 0.15) is 23.9 Å². The number of nitrogens with one attached hydrogen (secondary N) is 3. The molecule has 2 aliphatic heterocycles. The van der Waals surface area contributed by atoms with E-state index in [1.165, 1.54) is 0 Å². The van der Waals surface area contributed by atoms with Crippen molar-refractivity contribution in [2.45, 2.75) is 31.5 Å². The Balaban J connectivity index is 1.28. The first-order chi connectivity index (χ1) is 17.1. The molecule has 35 heavy (non-hydrogen) atoms. The van der Waals surface area contributed by atoms with Gasteiger partial charge in [0.15, 0.2) is 0 Å². The van der Waals surface area contributed by atoms with Gasteiger partial charge in [0.25, 0.3) is 0 Å². The summed E-state index contributed by atoms with van der Waals surface area (Å²) in [7, 11) is 0.